The molecule has 3 atom stereocenters. The van der Waals surface area contributed by atoms with Gasteiger partial charge in [-0.3, -0.25) is 9.05 Å². The van der Waals surface area contributed by atoms with Crippen LogP contribution in [-0.4, -0.2) is 55.1 Å². The number of carbonyl (C=O) groups excluding carboxylic acids is 1. The van der Waals surface area contributed by atoms with Crippen LogP contribution in [0.15, 0.2) is 35.9 Å². The van der Waals surface area contributed by atoms with Crippen molar-refractivity contribution >= 4 is 13.8 Å². The number of phosphoric acid groups is 1. The van der Waals surface area contributed by atoms with E-state index < -0.39 is 19.4 Å². The fourth-order valence-corrected chi connectivity index (χ4v) is 6.66. The summed E-state index contributed by atoms with van der Waals surface area (Å²) in [4.78, 5) is 24.2. The topological polar surface area (TPSA) is 121 Å². The molecule has 0 aliphatic heterocycles. The van der Waals surface area contributed by atoms with E-state index in [0.29, 0.717) is 38.0 Å². The highest BCUT2D eigenvalue weighted by molar-refractivity contribution is 7.47. The number of benzene rings is 1. The Morgan fingerprint density at radius 2 is 1.88 bits per heavy atom. The van der Waals surface area contributed by atoms with Crippen LogP contribution in [-0.2, 0) is 34.3 Å². The third kappa shape index (κ3) is 8.51. The molecule has 40 heavy (non-hydrogen) atoms. The number of aryl methyl sites for hydroxylation is 1. The van der Waals surface area contributed by atoms with Crippen LogP contribution in [0.25, 0.3) is 0 Å². The molecule has 0 saturated heterocycles. The SMILES string of the molecule is C=C(C)[C@@H]1CCC(C)=C[C@H]1c1c(O)cc(CCC)cc1OC(=O)C1(OP(=O)(O)OCCOCCOC)CCCC1. The van der Waals surface area contributed by atoms with Crippen molar-refractivity contribution in [3.63, 3.8) is 0 Å². The molecule has 3 rings (SSSR count). The van der Waals surface area contributed by atoms with Crippen LogP contribution < -0.4 is 4.74 Å². The summed E-state index contributed by atoms with van der Waals surface area (Å²) in [6.45, 7) is 10.8. The molecule has 0 heterocycles. The number of phenolic OH excluding ortho intramolecular Hbond substituents is 1. The van der Waals surface area contributed by atoms with Crippen molar-refractivity contribution in [2.45, 2.75) is 83.7 Å². The van der Waals surface area contributed by atoms with Gasteiger partial charge in [-0.2, -0.15) is 0 Å². The standard InChI is InChI=1S/C30H45O9P/c1-6-9-23-19-26(31)28(25-18-22(4)10-11-24(25)21(2)3)27(20-23)38-29(32)30(12-7-8-13-30)39-40(33,34)37-17-16-36-15-14-35-5/h18-20,24-25,31H,2,6-17H2,1,3-5H3,(H,33,34)/t24-,25+/m0/s1. The van der Waals surface area contributed by atoms with Gasteiger partial charge in [-0.1, -0.05) is 37.1 Å². The van der Waals surface area contributed by atoms with Crippen LogP contribution in [0, 0.1) is 5.92 Å². The molecule has 9 nitrogen and oxygen atoms in total. The molecule has 224 valence electrons. The molecular formula is C30H45O9P. The highest BCUT2D eigenvalue weighted by Gasteiger charge is 2.50. The molecule has 10 heteroatoms. The zero-order chi connectivity index (χ0) is 29.3. The van der Waals surface area contributed by atoms with Gasteiger partial charge in [0, 0.05) is 18.6 Å². The number of esters is 1. The lowest BCUT2D eigenvalue weighted by Crippen LogP contribution is -2.41. The number of methoxy groups -OCH3 is 1. The summed E-state index contributed by atoms with van der Waals surface area (Å²) in [6.07, 6.45) is 7.15. The summed E-state index contributed by atoms with van der Waals surface area (Å²) in [7, 11) is -3.06. The summed E-state index contributed by atoms with van der Waals surface area (Å²) < 4.78 is 39.7. The average Bonchev–Trinajstić information content (AvgIpc) is 3.35. The van der Waals surface area contributed by atoms with E-state index in [9.17, 15) is 19.4 Å². The number of rotatable bonds is 15. The largest absolute Gasteiger partial charge is 0.507 e. The molecule has 1 aromatic carbocycles. The molecule has 0 spiro atoms. The minimum Gasteiger partial charge on any atom is -0.507 e. The fourth-order valence-electron chi connectivity index (χ4n) is 5.60. The molecule has 2 aliphatic rings. The fraction of sp³-hybridized carbons (Fsp3) is 0.633. The average molecular weight is 581 g/mol. The van der Waals surface area contributed by atoms with E-state index in [2.05, 4.69) is 19.6 Å². The molecule has 0 bridgehead atoms. The molecule has 0 amide bonds. The van der Waals surface area contributed by atoms with Crippen molar-refractivity contribution in [1.82, 2.24) is 0 Å². The highest BCUT2D eigenvalue weighted by atomic mass is 31.2. The van der Waals surface area contributed by atoms with E-state index in [1.54, 1.807) is 19.2 Å². The van der Waals surface area contributed by atoms with Gasteiger partial charge < -0.3 is 24.2 Å². The number of allylic oxidation sites excluding steroid dienone is 3. The van der Waals surface area contributed by atoms with Crippen molar-refractivity contribution in [3.05, 3.63) is 47.1 Å². The maximum absolute atomic E-state index is 13.8. The molecular weight excluding hydrogens is 535 g/mol. The van der Waals surface area contributed by atoms with Crippen molar-refractivity contribution in [2.24, 2.45) is 5.92 Å². The number of hydrogen-bond acceptors (Lipinski definition) is 8. The van der Waals surface area contributed by atoms with Gasteiger partial charge in [0.25, 0.3) is 0 Å². The summed E-state index contributed by atoms with van der Waals surface area (Å²) in [5.74, 6) is -0.627. The van der Waals surface area contributed by atoms with Crippen LogP contribution in [0.2, 0.25) is 0 Å². The second kappa shape index (κ2) is 14.8. The van der Waals surface area contributed by atoms with Crippen LogP contribution in [0.3, 0.4) is 0 Å². The van der Waals surface area contributed by atoms with E-state index in [4.69, 9.17) is 23.3 Å². The van der Waals surface area contributed by atoms with E-state index in [-0.39, 0.29) is 49.4 Å². The lowest BCUT2D eigenvalue weighted by atomic mass is 9.73. The minimum absolute atomic E-state index is 0.0574. The predicted octanol–water partition coefficient (Wildman–Crippen LogP) is 6.38. The van der Waals surface area contributed by atoms with Gasteiger partial charge >= 0.3 is 13.8 Å². The number of carbonyl (C=O) groups is 1. The molecule has 1 unspecified atom stereocenters. The first-order chi connectivity index (χ1) is 19.0. The van der Waals surface area contributed by atoms with Crippen LogP contribution >= 0.6 is 7.82 Å². The Bertz CT molecular complexity index is 1110. The Balaban J connectivity index is 1.89. The summed E-state index contributed by atoms with van der Waals surface area (Å²) in [5.41, 5.74) is 1.90. The Hall–Kier alpha value is -2.00. The molecule has 1 saturated carbocycles. The summed E-state index contributed by atoms with van der Waals surface area (Å²) in [5, 5.41) is 11.2. The third-order valence-corrected chi connectivity index (χ3v) is 8.71. The first kappa shape index (κ1) is 32.5. The van der Waals surface area contributed by atoms with Gasteiger partial charge in [0.1, 0.15) is 11.5 Å². The molecule has 0 aromatic heterocycles. The molecule has 1 aromatic rings. The molecule has 0 radical (unpaired) electrons. The minimum atomic E-state index is -4.60. The molecule has 2 N–H and O–H groups in total. The van der Waals surface area contributed by atoms with Gasteiger partial charge in [-0.15, -0.1) is 0 Å². The quantitative estimate of drug-likeness (QED) is 0.0801. The molecule has 2 aliphatic carbocycles. The van der Waals surface area contributed by atoms with Crippen molar-refractivity contribution in [3.8, 4) is 11.5 Å². The van der Waals surface area contributed by atoms with Crippen LogP contribution in [0.5, 0.6) is 11.5 Å². The Morgan fingerprint density at radius 1 is 1.18 bits per heavy atom. The van der Waals surface area contributed by atoms with Gasteiger partial charge in [0.05, 0.1) is 26.4 Å². The number of hydrogen-bond donors (Lipinski definition) is 2. The normalized spacial score (nSPS) is 22.0. The number of aromatic hydroxyl groups is 1. The number of ether oxygens (including phenoxy) is 3. The van der Waals surface area contributed by atoms with Gasteiger partial charge in [-0.25, -0.2) is 9.36 Å². The van der Waals surface area contributed by atoms with Gasteiger partial charge in [-0.05, 0) is 82.4 Å². The lowest BCUT2D eigenvalue weighted by Gasteiger charge is -2.33. The van der Waals surface area contributed by atoms with E-state index in [0.717, 1.165) is 30.4 Å². The van der Waals surface area contributed by atoms with E-state index >= 15 is 0 Å². The Labute approximate surface area is 238 Å². The zero-order valence-corrected chi connectivity index (χ0v) is 25.2. The Morgan fingerprint density at radius 3 is 2.52 bits per heavy atom. The third-order valence-electron chi connectivity index (χ3n) is 7.62. The van der Waals surface area contributed by atoms with Crippen molar-refractivity contribution < 1.29 is 42.6 Å². The smallest absolute Gasteiger partial charge is 0.473 e. The monoisotopic (exact) mass is 580 g/mol. The first-order valence-corrected chi connectivity index (χ1v) is 15.7. The zero-order valence-electron chi connectivity index (χ0n) is 24.3. The van der Waals surface area contributed by atoms with Crippen LogP contribution in [0.1, 0.15) is 82.8 Å². The molecule has 1 fully saturated rings. The van der Waals surface area contributed by atoms with Crippen molar-refractivity contribution in [2.75, 3.05) is 33.5 Å². The summed E-state index contributed by atoms with van der Waals surface area (Å²) in [6, 6.07) is 3.52. The summed E-state index contributed by atoms with van der Waals surface area (Å²) >= 11 is 0. The lowest BCUT2D eigenvalue weighted by molar-refractivity contribution is -0.153. The number of phenols is 1. The van der Waals surface area contributed by atoms with E-state index in [1.807, 2.05) is 13.8 Å². The second-order valence-corrected chi connectivity index (χ2v) is 12.3. The maximum atomic E-state index is 13.8. The van der Waals surface area contributed by atoms with Gasteiger partial charge in [0.15, 0.2) is 5.60 Å². The maximum Gasteiger partial charge on any atom is 0.473 e. The Kier molecular flexibility index (Phi) is 12.0. The van der Waals surface area contributed by atoms with E-state index in [1.165, 1.54) is 5.57 Å². The highest BCUT2D eigenvalue weighted by Crippen LogP contribution is 2.53. The second-order valence-electron chi connectivity index (χ2n) is 10.9. The first-order valence-electron chi connectivity index (χ1n) is 14.2. The van der Waals surface area contributed by atoms with Crippen LogP contribution in [0.4, 0.5) is 0 Å². The number of phosphoric ester groups is 1. The van der Waals surface area contributed by atoms with Crippen molar-refractivity contribution in [1.29, 1.82) is 0 Å². The van der Waals surface area contributed by atoms with Gasteiger partial charge in [0.2, 0.25) is 0 Å². The predicted molar refractivity (Wildman–Crippen MR) is 153 cm³/mol.